The summed E-state index contributed by atoms with van der Waals surface area (Å²) in [6, 6.07) is 15.2. The molecule has 37 heavy (non-hydrogen) atoms. The van der Waals surface area contributed by atoms with E-state index in [-0.39, 0.29) is 5.56 Å². The number of anilines is 1. The fourth-order valence-corrected chi connectivity index (χ4v) is 4.61. The van der Waals surface area contributed by atoms with Crippen molar-refractivity contribution in [2.24, 2.45) is 0 Å². The van der Waals surface area contributed by atoms with Gasteiger partial charge < -0.3 is 24.1 Å². The molecule has 0 saturated carbocycles. The molecule has 0 radical (unpaired) electrons. The molecule has 3 aromatic carbocycles. The lowest BCUT2D eigenvalue weighted by Crippen LogP contribution is -2.20. The van der Waals surface area contributed by atoms with Crippen molar-refractivity contribution in [1.29, 1.82) is 0 Å². The Morgan fingerprint density at radius 3 is 2.35 bits per heavy atom. The number of benzene rings is 3. The minimum atomic E-state index is -0.395. The molecule has 0 aliphatic heterocycles. The molecule has 188 valence electrons. The Kier molecular flexibility index (Phi) is 6.22. The van der Waals surface area contributed by atoms with Crippen LogP contribution in [0.1, 0.15) is 16.1 Å². The highest BCUT2D eigenvalue weighted by Crippen LogP contribution is 2.40. The van der Waals surface area contributed by atoms with Crippen LogP contribution in [0, 0.1) is 6.92 Å². The van der Waals surface area contributed by atoms with E-state index < -0.39 is 5.91 Å². The van der Waals surface area contributed by atoms with Crippen LogP contribution >= 0.6 is 11.6 Å². The van der Waals surface area contributed by atoms with Gasteiger partial charge in [0.1, 0.15) is 16.7 Å². The van der Waals surface area contributed by atoms with Gasteiger partial charge in [0, 0.05) is 28.8 Å². The fourth-order valence-electron chi connectivity index (χ4n) is 4.35. The van der Waals surface area contributed by atoms with Gasteiger partial charge in [-0.2, -0.15) is 0 Å². The second-order valence-corrected chi connectivity index (χ2v) is 8.56. The third-order valence-electron chi connectivity index (χ3n) is 6.04. The summed E-state index contributed by atoms with van der Waals surface area (Å²) in [5.74, 6) is 1.20. The van der Waals surface area contributed by atoms with Crippen LogP contribution in [0.25, 0.3) is 27.5 Å². The lowest BCUT2D eigenvalue weighted by molar-refractivity contribution is 0.102. The maximum atomic E-state index is 13.6. The van der Waals surface area contributed by atoms with Crippen molar-refractivity contribution < 1.29 is 23.5 Å². The van der Waals surface area contributed by atoms with Crippen LogP contribution in [-0.2, 0) is 0 Å². The first-order valence-corrected chi connectivity index (χ1v) is 11.6. The number of aromatic nitrogens is 2. The van der Waals surface area contributed by atoms with Crippen molar-refractivity contribution in [2.75, 3.05) is 26.6 Å². The number of aryl methyl sites for hydroxylation is 1. The minimum Gasteiger partial charge on any atom is -0.493 e. The Hall–Kier alpha value is -4.50. The van der Waals surface area contributed by atoms with Crippen LogP contribution in [0.15, 0.2) is 63.9 Å². The van der Waals surface area contributed by atoms with E-state index in [1.807, 2.05) is 0 Å². The van der Waals surface area contributed by atoms with Gasteiger partial charge in [-0.3, -0.25) is 14.2 Å². The highest BCUT2D eigenvalue weighted by molar-refractivity contribution is 6.37. The summed E-state index contributed by atoms with van der Waals surface area (Å²) in [5.41, 5.74) is 1.87. The second kappa shape index (κ2) is 9.51. The number of nitrogens with zero attached hydrogens (tertiary/aromatic N) is 2. The smallest absolute Gasteiger partial charge is 0.268 e. The lowest BCUT2D eigenvalue weighted by Gasteiger charge is -2.15. The van der Waals surface area contributed by atoms with Crippen molar-refractivity contribution in [3.05, 3.63) is 81.3 Å². The van der Waals surface area contributed by atoms with E-state index >= 15 is 0 Å². The molecule has 0 fully saturated rings. The summed E-state index contributed by atoms with van der Waals surface area (Å²) >= 11 is 6.51. The summed E-state index contributed by atoms with van der Waals surface area (Å²) in [6.45, 7) is 1.67. The first kappa shape index (κ1) is 24.2. The van der Waals surface area contributed by atoms with Gasteiger partial charge in [0.25, 0.3) is 11.5 Å². The highest BCUT2D eigenvalue weighted by Gasteiger charge is 2.21. The first-order valence-electron chi connectivity index (χ1n) is 11.2. The van der Waals surface area contributed by atoms with Crippen molar-refractivity contribution in [3.63, 3.8) is 0 Å². The van der Waals surface area contributed by atoms with E-state index in [4.69, 9.17) is 30.3 Å². The molecule has 0 spiro atoms. The molecule has 9 nitrogen and oxygen atoms in total. The van der Waals surface area contributed by atoms with E-state index in [2.05, 4.69) is 10.5 Å². The predicted octanol–water partition coefficient (Wildman–Crippen LogP) is 5.37. The third-order valence-corrected chi connectivity index (χ3v) is 6.35. The Bertz CT molecular complexity index is 1720. The number of hydrogen-bond acceptors (Lipinski definition) is 7. The molecule has 1 N–H and O–H groups in total. The Labute approximate surface area is 216 Å². The molecule has 2 heterocycles. The summed E-state index contributed by atoms with van der Waals surface area (Å²) in [6.07, 6.45) is 0. The molecule has 1 amide bonds. The van der Waals surface area contributed by atoms with E-state index in [1.165, 1.54) is 25.9 Å². The molecular weight excluding hydrogens is 498 g/mol. The molecule has 5 aromatic rings. The number of hydrogen-bond donors (Lipinski definition) is 1. The quantitative estimate of drug-likeness (QED) is 0.321. The molecular formula is C27H22ClN3O6. The van der Waals surface area contributed by atoms with Gasteiger partial charge in [-0.1, -0.05) is 28.9 Å². The lowest BCUT2D eigenvalue weighted by atomic mass is 10.1. The summed E-state index contributed by atoms with van der Waals surface area (Å²) in [4.78, 5) is 26.8. The Morgan fingerprint density at radius 2 is 1.68 bits per heavy atom. The van der Waals surface area contributed by atoms with Crippen molar-refractivity contribution in [3.8, 4) is 22.9 Å². The number of ether oxygens (including phenoxy) is 3. The van der Waals surface area contributed by atoms with Gasteiger partial charge in [-0.15, -0.1) is 0 Å². The Balaban J connectivity index is 1.61. The topological polar surface area (TPSA) is 105 Å². The largest absolute Gasteiger partial charge is 0.493 e. The number of pyridine rings is 1. The van der Waals surface area contributed by atoms with Gasteiger partial charge in [-0.25, -0.2) is 0 Å². The monoisotopic (exact) mass is 519 g/mol. The van der Waals surface area contributed by atoms with E-state index in [1.54, 1.807) is 61.5 Å². The van der Waals surface area contributed by atoms with Gasteiger partial charge in [0.2, 0.25) is 5.75 Å². The predicted molar refractivity (Wildman–Crippen MR) is 141 cm³/mol. The standard InChI is InChI=1S/C27H22ClN3O6/c1-14-22-24(30-37-14)23-18(28)9-6-10-19(23)31(27(22)33)17-8-5-7-15(11-17)26(32)29-16-12-20(34-2)25(36-4)21(13-16)35-3/h5-13H,1-4H3,(H,29,32). The SMILES string of the molecule is COc1cc(NC(=O)c2cccc(-n3c(=O)c4c(C)onc4c4c(Cl)cccc43)c2)cc(OC)c1OC. The van der Waals surface area contributed by atoms with Crippen LogP contribution < -0.4 is 25.1 Å². The maximum Gasteiger partial charge on any atom is 0.268 e. The van der Waals surface area contributed by atoms with Gasteiger partial charge in [-0.05, 0) is 37.3 Å². The van der Waals surface area contributed by atoms with Gasteiger partial charge in [0.05, 0.1) is 37.6 Å². The van der Waals surface area contributed by atoms with Crippen LogP contribution in [0.3, 0.4) is 0 Å². The normalized spacial score (nSPS) is 11.1. The molecule has 0 atom stereocenters. The fraction of sp³-hybridized carbons (Fsp3) is 0.148. The van der Waals surface area contributed by atoms with Crippen LogP contribution in [0.5, 0.6) is 17.2 Å². The summed E-state index contributed by atoms with van der Waals surface area (Å²) in [5, 5.41) is 8.26. The number of halogens is 1. The zero-order valence-corrected chi connectivity index (χ0v) is 21.2. The molecule has 0 unspecified atom stereocenters. The summed E-state index contributed by atoms with van der Waals surface area (Å²) in [7, 11) is 4.49. The number of methoxy groups -OCH3 is 3. The molecule has 0 saturated heterocycles. The van der Waals surface area contributed by atoms with E-state index in [0.29, 0.717) is 66.8 Å². The van der Waals surface area contributed by atoms with Gasteiger partial charge >= 0.3 is 0 Å². The average molecular weight is 520 g/mol. The van der Waals surface area contributed by atoms with E-state index in [0.717, 1.165) is 0 Å². The highest BCUT2D eigenvalue weighted by atomic mass is 35.5. The number of carbonyl (C=O) groups excluding carboxylic acids is 1. The number of fused-ring (bicyclic) bond motifs is 3. The van der Waals surface area contributed by atoms with Crippen LogP contribution in [0.2, 0.25) is 5.02 Å². The number of nitrogens with one attached hydrogen (secondary N) is 1. The number of carbonyl (C=O) groups is 1. The molecule has 0 bridgehead atoms. The van der Waals surface area contributed by atoms with Crippen LogP contribution in [0.4, 0.5) is 5.69 Å². The first-order chi connectivity index (χ1) is 17.9. The number of rotatable bonds is 6. The second-order valence-electron chi connectivity index (χ2n) is 8.16. The van der Waals surface area contributed by atoms with Crippen molar-refractivity contribution >= 4 is 45.0 Å². The average Bonchev–Trinajstić information content (AvgIpc) is 3.29. The molecule has 2 aromatic heterocycles. The van der Waals surface area contributed by atoms with Crippen molar-refractivity contribution in [2.45, 2.75) is 6.92 Å². The zero-order valence-electron chi connectivity index (χ0n) is 20.4. The molecule has 0 aliphatic carbocycles. The Morgan fingerprint density at radius 1 is 0.973 bits per heavy atom. The van der Waals surface area contributed by atoms with Crippen LogP contribution in [-0.4, -0.2) is 37.0 Å². The van der Waals surface area contributed by atoms with E-state index in [9.17, 15) is 9.59 Å². The minimum absolute atomic E-state index is 0.327. The third kappa shape index (κ3) is 4.03. The zero-order chi connectivity index (χ0) is 26.3. The number of amides is 1. The molecule has 10 heteroatoms. The van der Waals surface area contributed by atoms with Gasteiger partial charge in [0.15, 0.2) is 11.5 Å². The molecule has 0 aliphatic rings. The maximum absolute atomic E-state index is 13.6. The van der Waals surface area contributed by atoms with Crippen molar-refractivity contribution in [1.82, 2.24) is 9.72 Å². The molecule has 5 rings (SSSR count). The summed E-state index contributed by atoms with van der Waals surface area (Å²) < 4.78 is 22.9.